The molecule has 2 aliphatic heterocycles. The first kappa shape index (κ1) is 11.9. The molecular weight excluding hydrogens is 251 g/mol. The summed E-state index contributed by atoms with van der Waals surface area (Å²) in [6, 6.07) is 2.86. The Kier molecular flexibility index (Phi) is 2.29. The molecule has 19 heavy (non-hydrogen) atoms. The molecule has 2 heterocycles. The molecule has 2 unspecified atom stereocenters. The summed E-state index contributed by atoms with van der Waals surface area (Å²) in [7, 11) is 0. The minimum Gasteiger partial charge on any atom is -0.622 e. The number of fused-ring (bicyclic) bond motifs is 2. The summed E-state index contributed by atoms with van der Waals surface area (Å²) in [5.74, 6) is -1.01. The molecule has 0 saturated carbocycles. The van der Waals surface area contributed by atoms with Crippen molar-refractivity contribution in [3.05, 3.63) is 63.9 Å². The van der Waals surface area contributed by atoms with E-state index in [4.69, 9.17) is 0 Å². The highest BCUT2D eigenvalue weighted by molar-refractivity contribution is 6.03. The average molecular weight is 261 g/mol. The highest BCUT2D eigenvalue weighted by Gasteiger charge is 2.46. The van der Waals surface area contributed by atoms with Crippen molar-refractivity contribution in [2.45, 2.75) is 13.0 Å². The number of allylic oxidation sites excluding steroid dienone is 1. The van der Waals surface area contributed by atoms with E-state index in [1.54, 1.807) is 6.92 Å². The van der Waals surface area contributed by atoms with Crippen LogP contribution >= 0.6 is 0 Å². The van der Waals surface area contributed by atoms with Gasteiger partial charge in [0.25, 0.3) is 23.4 Å². The van der Waals surface area contributed by atoms with Gasteiger partial charge < -0.3 is 5.21 Å². The molecule has 2 aliphatic rings. The predicted molar refractivity (Wildman–Crippen MR) is 64.0 cm³/mol. The minimum atomic E-state index is -1.06. The van der Waals surface area contributed by atoms with Crippen molar-refractivity contribution < 1.29 is 18.6 Å². The van der Waals surface area contributed by atoms with E-state index in [9.17, 15) is 19.3 Å². The van der Waals surface area contributed by atoms with E-state index in [0.717, 1.165) is 24.4 Å². The molecule has 0 fully saturated rings. The largest absolute Gasteiger partial charge is 0.622 e. The first-order chi connectivity index (χ1) is 8.93. The van der Waals surface area contributed by atoms with Crippen LogP contribution in [0.1, 0.15) is 18.5 Å². The summed E-state index contributed by atoms with van der Waals surface area (Å²) in [5.41, 5.74) is 0.319. The number of nitrogens with zero attached hydrogens (tertiary/aromatic N) is 2. The van der Waals surface area contributed by atoms with Crippen LogP contribution in [0.5, 0.6) is 0 Å². The Morgan fingerprint density at radius 1 is 1.42 bits per heavy atom. The van der Waals surface area contributed by atoms with Crippen molar-refractivity contribution in [3.63, 3.8) is 0 Å². The number of rotatable bonds is 0. The lowest BCUT2D eigenvalue weighted by Crippen LogP contribution is -2.36. The summed E-state index contributed by atoms with van der Waals surface area (Å²) in [5, 5.41) is 12.7. The minimum absolute atomic E-state index is 0.154. The SMILES string of the molecule is CC1c2cc(F)ccc2[N+](=O)C=C2C(=O)C=C[N+]21[O-]. The normalized spacial score (nSPS) is 28.8. The Bertz CT molecular complexity index is 680. The predicted octanol–water partition coefficient (Wildman–Crippen LogP) is 2.56. The second-order valence-corrected chi connectivity index (χ2v) is 4.61. The lowest BCUT2D eigenvalue weighted by Gasteiger charge is -2.39. The molecule has 0 amide bonds. The summed E-state index contributed by atoms with van der Waals surface area (Å²) in [6.45, 7) is 1.57. The van der Waals surface area contributed by atoms with Crippen LogP contribution in [0.4, 0.5) is 10.1 Å². The van der Waals surface area contributed by atoms with Crippen LogP contribution in [0.2, 0.25) is 0 Å². The topological polar surface area (TPSA) is 60.2 Å². The molecule has 3 rings (SSSR count). The van der Waals surface area contributed by atoms with E-state index >= 15 is 0 Å². The number of hydroxylamine groups is 3. The molecule has 0 aromatic heterocycles. The summed E-state index contributed by atoms with van der Waals surface area (Å²) in [6.07, 6.45) is 3.32. The fraction of sp³-hybridized carbons (Fsp3) is 0.154. The lowest BCUT2D eigenvalue weighted by atomic mass is 10.0. The highest BCUT2D eigenvalue weighted by Crippen LogP contribution is 2.43. The van der Waals surface area contributed by atoms with Crippen LogP contribution in [0.3, 0.4) is 0 Å². The van der Waals surface area contributed by atoms with E-state index < -0.39 is 22.3 Å². The van der Waals surface area contributed by atoms with Gasteiger partial charge in [0.2, 0.25) is 0 Å². The van der Waals surface area contributed by atoms with Gasteiger partial charge in [0, 0.05) is 17.0 Å². The molecular formula is C13H10FN2O3+. The van der Waals surface area contributed by atoms with Gasteiger partial charge >= 0.3 is 0 Å². The first-order valence-corrected chi connectivity index (χ1v) is 5.74. The highest BCUT2D eigenvalue weighted by atomic mass is 19.1. The Hall–Kier alpha value is -2.18. The maximum absolute atomic E-state index is 13.3. The quantitative estimate of drug-likeness (QED) is 0.409. The van der Waals surface area contributed by atoms with Crippen LogP contribution in [-0.2, 0) is 4.79 Å². The van der Waals surface area contributed by atoms with E-state index in [0.29, 0.717) is 4.76 Å². The third kappa shape index (κ3) is 1.50. The molecule has 0 bridgehead atoms. The van der Waals surface area contributed by atoms with Crippen LogP contribution < -0.4 is 0 Å². The van der Waals surface area contributed by atoms with Gasteiger partial charge in [-0.1, -0.05) is 0 Å². The molecule has 0 saturated heterocycles. The van der Waals surface area contributed by atoms with Gasteiger partial charge in [-0.15, -0.1) is 0 Å². The van der Waals surface area contributed by atoms with Crippen molar-refractivity contribution in [1.29, 1.82) is 0 Å². The summed E-state index contributed by atoms with van der Waals surface area (Å²) in [4.78, 5) is 23.6. The van der Waals surface area contributed by atoms with Gasteiger partial charge in [0.15, 0.2) is 0 Å². The zero-order chi connectivity index (χ0) is 13.8. The molecule has 1 aromatic rings. The Morgan fingerprint density at radius 3 is 2.89 bits per heavy atom. The maximum Gasteiger partial charge on any atom is 0.293 e. The number of halogens is 1. The standard InChI is InChI=1S/C13H10FN2O3/c1-8-10-6-9(14)2-3-11(10)15(18)7-12-13(17)4-5-16(8,12)19/h2-8H,1H3/q+1. The third-order valence-corrected chi connectivity index (χ3v) is 3.57. The van der Waals surface area contributed by atoms with Crippen molar-refractivity contribution in [2.24, 2.45) is 0 Å². The van der Waals surface area contributed by atoms with Gasteiger partial charge in [-0.25, -0.2) is 4.39 Å². The van der Waals surface area contributed by atoms with E-state index in [1.807, 2.05) is 0 Å². The van der Waals surface area contributed by atoms with Gasteiger partial charge in [-0.05, 0) is 19.1 Å². The summed E-state index contributed by atoms with van der Waals surface area (Å²) < 4.78 is 12.7. The number of hydrogen-bond acceptors (Lipinski definition) is 3. The Labute approximate surface area is 108 Å². The fourth-order valence-electron chi connectivity index (χ4n) is 2.46. The number of benzene rings is 1. The average Bonchev–Trinajstić information content (AvgIpc) is 2.63. The van der Waals surface area contributed by atoms with Crippen LogP contribution in [0, 0.1) is 15.9 Å². The van der Waals surface area contributed by atoms with Crippen molar-refractivity contribution in [2.75, 3.05) is 0 Å². The zero-order valence-corrected chi connectivity index (χ0v) is 10.0. The monoisotopic (exact) mass is 261 g/mol. The molecule has 1 aromatic carbocycles. The van der Waals surface area contributed by atoms with Crippen LogP contribution in [-0.4, -0.2) is 15.2 Å². The van der Waals surface area contributed by atoms with Crippen molar-refractivity contribution >= 4 is 11.5 Å². The molecule has 96 valence electrons. The van der Waals surface area contributed by atoms with E-state index in [2.05, 4.69) is 0 Å². The number of carbonyl (C=O) groups excluding carboxylic acids is 1. The number of quaternary nitrogens is 1. The number of hydrogen-bond donors (Lipinski definition) is 0. The third-order valence-electron chi connectivity index (χ3n) is 3.57. The second kappa shape index (κ2) is 3.66. The van der Waals surface area contributed by atoms with Crippen molar-refractivity contribution in [3.8, 4) is 0 Å². The fourth-order valence-corrected chi connectivity index (χ4v) is 2.46. The number of ketones is 1. The Balaban J connectivity index is 2.29. The lowest BCUT2D eigenvalue weighted by molar-refractivity contribution is -0.814. The second-order valence-electron chi connectivity index (χ2n) is 4.61. The molecule has 0 N–H and O–H groups in total. The van der Waals surface area contributed by atoms with Crippen molar-refractivity contribution in [1.82, 2.24) is 0 Å². The van der Waals surface area contributed by atoms with Gasteiger partial charge in [-0.3, -0.25) is 9.44 Å². The molecule has 0 radical (unpaired) electrons. The zero-order valence-electron chi connectivity index (χ0n) is 10.0. The number of carbonyl (C=O) groups is 1. The van der Waals surface area contributed by atoms with Gasteiger partial charge in [-0.2, -0.15) is 0 Å². The van der Waals surface area contributed by atoms with E-state index in [-0.39, 0.29) is 16.9 Å². The van der Waals surface area contributed by atoms with Gasteiger partial charge in [0.05, 0.1) is 10.3 Å². The smallest absolute Gasteiger partial charge is 0.293 e. The molecule has 2 atom stereocenters. The maximum atomic E-state index is 13.3. The van der Waals surface area contributed by atoms with Gasteiger partial charge in [0.1, 0.15) is 18.1 Å². The molecule has 6 heteroatoms. The number of nitroso groups, excluding NO2 is 1. The Morgan fingerprint density at radius 2 is 2.16 bits per heavy atom. The summed E-state index contributed by atoms with van der Waals surface area (Å²) >= 11 is 0. The molecule has 5 nitrogen and oxygen atoms in total. The van der Waals surface area contributed by atoms with Crippen LogP contribution in [0.15, 0.2) is 42.4 Å². The van der Waals surface area contributed by atoms with E-state index in [1.165, 1.54) is 12.3 Å². The first-order valence-electron chi connectivity index (χ1n) is 5.74. The van der Waals surface area contributed by atoms with Crippen LogP contribution in [0.25, 0.3) is 0 Å². The molecule has 0 aliphatic carbocycles. The molecule has 0 spiro atoms.